The Morgan fingerprint density at radius 3 is 2.39 bits per heavy atom. The molecular formula is C15H25NO2. The SMILES string of the molecule is COc1ccc(O)c(CN(CC(C)C)C(C)C)c1. The Balaban J connectivity index is 2.85. The van der Waals surface area contributed by atoms with Crippen LogP contribution in [0.5, 0.6) is 11.5 Å². The molecule has 0 atom stereocenters. The minimum Gasteiger partial charge on any atom is -0.508 e. The molecule has 1 aromatic rings. The first kappa shape index (κ1) is 14.8. The van der Waals surface area contributed by atoms with E-state index >= 15 is 0 Å². The number of hydrogen-bond donors (Lipinski definition) is 1. The second-order valence-electron chi connectivity index (χ2n) is 5.41. The Morgan fingerprint density at radius 2 is 1.89 bits per heavy atom. The Hall–Kier alpha value is -1.22. The van der Waals surface area contributed by atoms with E-state index in [1.54, 1.807) is 19.2 Å². The van der Waals surface area contributed by atoms with Crippen LogP contribution in [-0.2, 0) is 6.54 Å². The lowest BCUT2D eigenvalue weighted by Crippen LogP contribution is -2.33. The highest BCUT2D eigenvalue weighted by Crippen LogP contribution is 2.25. The zero-order valence-electron chi connectivity index (χ0n) is 12.1. The van der Waals surface area contributed by atoms with E-state index in [4.69, 9.17) is 4.74 Å². The molecule has 102 valence electrons. The molecule has 0 saturated heterocycles. The van der Waals surface area contributed by atoms with Gasteiger partial charge in [0.05, 0.1) is 7.11 Å². The molecule has 0 radical (unpaired) electrons. The predicted molar refractivity (Wildman–Crippen MR) is 75.0 cm³/mol. The molecule has 0 bridgehead atoms. The van der Waals surface area contributed by atoms with Gasteiger partial charge in [-0.1, -0.05) is 13.8 Å². The van der Waals surface area contributed by atoms with Crippen molar-refractivity contribution in [2.75, 3.05) is 13.7 Å². The van der Waals surface area contributed by atoms with Gasteiger partial charge in [0.1, 0.15) is 11.5 Å². The predicted octanol–water partition coefficient (Wildman–Crippen LogP) is 3.27. The number of benzene rings is 1. The molecule has 3 nitrogen and oxygen atoms in total. The molecule has 0 fully saturated rings. The Bertz CT molecular complexity index is 375. The molecule has 1 N–H and O–H groups in total. The molecule has 0 unspecified atom stereocenters. The Morgan fingerprint density at radius 1 is 1.22 bits per heavy atom. The number of phenols is 1. The smallest absolute Gasteiger partial charge is 0.120 e. The maximum atomic E-state index is 9.91. The summed E-state index contributed by atoms with van der Waals surface area (Å²) in [6.45, 7) is 10.5. The van der Waals surface area contributed by atoms with Gasteiger partial charge in [0.15, 0.2) is 0 Å². The molecule has 1 rings (SSSR count). The molecule has 0 amide bonds. The Labute approximate surface area is 110 Å². The number of aromatic hydroxyl groups is 1. The molecule has 0 saturated carbocycles. The summed E-state index contributed by atoms with van der Waals surface area (Å²) in [5.41, 5.74) is 0.920. The van der Waals surface area contributed by atoms with E-state index in [2.05, 4.69) is 32.6 Å². The van der Waals surface area contributed by atoms with Gasteiger partial charge in [-0.25, -0.2) is 0 Å². The highest BCUT2D eigenvalue weighted by molar-refractivity contribution is 5.39. The number of rotatable bonds is 6. The average Bonchev–Trinajstić information content (AvgIpc) is 2.30. The van der Waals surface area contributed by atoms with Crippen molar-refractivity contribution in [1.29, 1.82) is 0 Å². The van der Waals surface area contributed by atoms with Crippen molar-refractivity contribution in [3.63, 3.8) is 0 Å². The van der Waals surface area contributed by atoms with Crippen LogP contribution in [0.3, 0.4) is 0 Å². The first-order valence-corrected chi connectivity index (χ1v) is 6.54. The fourth-order valence-corrected chi connectivity index (χ4v) is 1.96. The molecule has 1 aromatic carbocycles. The molecule has 0 aliphatic heterocycles. The number of phenolic OH excluding ortho intramolecular Hbond substituents is 1. The van der Waals surface area contributed by atoms with Crippen LogP contribution in [0.2, 0.25) is 0 Å². The van der Waals surface area contributed by atoms with Gasteiger partial charge in [-0.2, -0.15) is 0 Å². The van der Waals surface area contributed by atoms with Gasteiger partial charge in [-0.05, 0) is 38.0 Å². The van der Waals surface area contributed by atoms with Gasteiger partial charge in [0.25, 0.3) is 0 Å². The largest absolute Gasteiger partial charge is 0.508 e. The molecule has 0 aliphatic carbocycles. The minimum absolute atomic E-state index is 0.338. The van der Waals surface area contributed by atoms with Crippen LogP contribution in [0, 0.1) is 5.92 Å². The lowest BCUT2D eigenvalue weighted by Gasteiger charge is -2.28. The van der Waals surface area contributed by atoms with Crippen LogP contribution in [0.4, 0.5) is 0 Å². The minimum atomic E-state index is 0.338. The number of hydrogen-bond acceptors (Lipinski definition) is 3. The fourth-order valence-electron chi connectivity index (χ4n) is 1.96. The zero-order chi connectivity index (χ0) is 13.7. The molecule has 0 aliphatic rings. The van der Waals surface area contributed by atoms with Gasteiger partial charge >= 0.3 is 0 Å². The van der Waals surface area contributed by atoms with Crippen molar-refractivity contribution in [2.24, 2.45) is 5.92 Å². The lowest BCUT2D eigenvalue weighted by molar-refractivity contribution is 0.187. The van der Waals surface area contributed by atoms with Gasteiger partial charge < -0.3 is 9.84 Å². The van der Waals surface area contributed by atoms with Crippen LogP contribution in [0.1, 0.15) is 33.3 Å². The molecule has 0 heterocycles. The molecule has 0 spiro atoms. The third-order valence-electron chi connectivity index (χ3n) is 2.99. The van der Waals surface area contributed by atoms with Gasteiger partial charge in [-0.15, -0.1) is 0 Å². The Kier molecular flexibility index (Phi) is 5.48. The van der Waals surface area contributed by atoms with Crippen molar-refractivity contribution in [1.82, 2.24) is 4.90 Å². The van der Waals surface area contributed by atoms with Gasteiger partial charge in [0, 0.05) is 24.7 Å². The lowest BCUT2D eigenvalue weighted by atomic mass is 10.1. The molecular weight excluding hydrogens is 226 g/mol. The third kappa shape index (κ3) is 4.22. The highest BCUT2D eigenvalue weighted by Gasteiger charge is 2.14. The number of methoxy groups -OCH3 is 1. The summed E-state index contributed by atoms with van der Waals surface area (Å²) >= 11 is 0. The average molecular weight is 251 g/mol. The monoisotopic (exact) mass is 251 g/mol. The van der Waals surface area contributed by atoms with E-state index in [1.807, 2.05) is 6.07 Å². The van der Waals surface area contributed by atoms with Crippen molar-refractivity contribution < 1.29 is 9.84 Å². The van der Waals surface area contributed by atoms with Crippen LogP contribution in [0.15, 0.2) is 18.2 Å². The molecule has 3 heteroatoms. The van der Waals surface area contributed by atoms with E-state index < -0.39 is 0 Å². The van der Waals surface area contributed by atoms with Gasteiger partial charge in [0.2, 0.25) is 0 Å². The summed E-state index contributed by atoms with van der Waals surface area (Å²) in [6.07, 6.45) is 0. The summed E-state index contributed by atoms with van der Waals surface area (Å²) in [7, 11) is 1.64. The number of nitrogens with zero attached hydrogens (tertiary/aromatic N) is 1. The fraction of sp³-hybridized carbons (Fsp3) is 0.600. The standard InChI is InChI=1S/C15H25NO2/c1-11(2)9-16(12(3)4)10-13-8-14(18-5)6-7-15(13)17/h6-8,11-12,17H,9-10H2,1-5H3. The van der Waals surface area contributed by atoms with Crippen molar-refractivity contribution in [3.8, 4) is 11.5 Å². The first-order valence-electron chi connectivity index (χ1n) is 6.54. The molecule has 0 aromatic heterocycles. The molecule has 18 heavy (non-hydrogen) atoms. The summed E-state index contributed by atoms with van der Waals surface area (Å²) in [4.78, 5) is 2.36. The summed E-state index contributed by atoms with van der Waals surface area (Å²) in [5.74, 6) is 1.74. The van der Waals surface area contributed by atoms with Crippen LogP contribution >= 0.6 is 0 Å². The maximum Gasteiger partial charge on any atom is 0.120 e. The maximum absolute atomic E-state index is 9.91. The summed E-state index contributed by atoms with van der Waals surface area (Å²) < 4.78 is 5.20. The number of ether oxygens (including phenoxy) is 1. The van der Waals surface area contributed by atoms with E-state index in [-0.39, 0.29) is 0 Å². The summed E-state index contributed by atoms with van der Waals surface area (Å²) in [5, 5.41) is 9.91. The topological polar surface area (TPSA) is 32.7 Å². The van der Waals surface area contributed by atoms with Crippen LogP contribution in [0.25, 0.3) is 0 Å². The highest BCUT2D eigenvalue weighted by atomic mass is 16.5. The normalized spacial score (nSPS) is 11.6. The first-order chi connectivity index (χ1) is 8.43. The second kappa shape index (κ2) is 6.64. The summed E-state index contributed by atoms with van der Waals surface area (Å²) in [6, 6.07) is 5.84. The van der Waals surface area contributed by atoms with E-state index in [9.17, 15) is 5.11 Å². The van der Waals surface area contributed by atoms with Crippen LogP contribution in [-0.4, -0.2) is 29.7 Å². The van der Waals surface area contributed by atoms with Crippen LogP contribution < -0.4 is 4.74 Å². The van der Waals surface area contributed by atoms with E-state index in [0.29, 0.717) is 17.7 Å². The zero-order valence-corrected chi connectivity index (χ0v) is 12.1. The van der Waals surface area contributed by atoms with Crippen molar-refractivity contribution in [2.45, 2.75) is 40.3 Å². The van der Waals surface area contributed by atoms with Crippen molar-refractivity contribution >= 4 is 0 Å². The second-order valence-corrected chi connectivity index (χ2v) is 5.41. The van der Waals surface area contributed by atoms with Crippen molar-refractivity contribution in [3.05, 3.63) is 23.8 Å². The third-order valence-corrected chi connectivity index (χ3v) is 2.99. The van der Waals surface area contributed by atoms with Gasteiger partial charge in [-0.3, -0.25) is 4.90 Å². The van der Waals surface area contributed by atoms with E-state index in [1.165, 1.54) is 0 Å². The van der Waals surface area contributed by atoms with E-state index in [0.717, 1.165) is 24.4 Å². The quantitative estimate of drug-likeness (QED) is 0.842.